The van der Waals surface area contributed by atoms with E-state index in [2.05, 4.69) is 16.4 Å². The quantitative estimate of drug-likeness (QED) is 0.654. The predicted octanol–water partition coefficient (Wildman–Crippen LogP) is 4.23. The average Bonchev–Trinajstić information content (AvgIpc) is 2.72. The molecule has 146 valence electrons. The average molecular weight is 405 g/mol. The maximum Gasteiger partial charge on any atom is 0.234 e. The molecule has 0 unspecified atom stereocenters. The van der Waals surface area contributed by atoms with Crippen LogP contribution in [-0.2, 0) is 4.79 Å². The highest BCUT2D eigenvalue weighted by atomic mass is 32.2. The fourth-order valence-electron chi connectivity index (χ4n) is 3.07. The summed E-state index contributed by atoms with van der Waals surface area (Å²) in [6.07, 6.45) is 0. The molecule has 4 rings (SSSR count). The molecule has 3 aromatic rings. The zero-order valence-corrected chi connectivity index (χ0v) is 16.9. The number of hydrogen-bond acceptors (Lipinski definition) is 6. The van der Waals surface area contributed by atoms with Crippen LogP contribution in [0.25, 0.3) is 10.9 Å². The van der Waals surface area contributed by atoms with Gasteiger partial charge in [0, 0.05) is 17.1 Å². The Morgan fingerprint density at radius 2 is 1.93 bits per heavy atom. The summed E-state index contributed by atoms with van der Waals surface area (Å²) in [4.78, 5) is 17.0. The smallest absolute Gasteiger partial charge is 0.234 e. The standard InChI is InChI=1S/C22H19N3O3S/c1-13-3-4-14(2)17(7-13)24-21(26)12-29-22-16(11-23)8-15-9-19-20(10-18(15)25-22)28-6-5-27-19/h3-4,7-10H,5-6,12H2,1-2H3,(H,24,26). The van der Waals surface area contributed by atoms with Gasteiger partial charge in [-0.05, 0) is 43.2 Å². The highest BCUT2D eigenvalue weighted by Gasteiger charge is 2.16. The van der Waals surface area contributed by atoms with Gasteiger partial charge in [-0.25, -0.2) is 4.98 Å². The number of nitrogens with zero attached hydrogens (tertiary/aromatic N) is 2. The van der Waals surface area contributed by atoms with Gasteiger partial charge in [0.15, 0.2) is 11.5 Å². The normalized spacial score (nSPS) is 12.4. The van der Waals surface area contributed by atoms with Crippen molar-refractivity contribution in [2.24, 2.45) is 0 Å². The number of carbonyl (C=O) groups is 1. The number of benzene rings is 2. The zero-order chi connectivity index (χ0) is 20.4. The molecule has 0 saturated carbocycles. The second-order valence-corrected chi connectivity index (χ2v) is 7.76. The first-order valence-corrected chi connectivity index (χ1v) is 10.2. The Hall–Kier alpha value is -3.24. The largest absolute Gasteiger partial charge is 0.486 e. The monoisotopic (exact) mass is 405 g/mol. The van der Waals surface area contributed by atoms with E-state index in [-0.39, 0.29) is 11.7 Å². The molecular formula is C22H19N3O3S. The Bertz CT molecular complexity index is 1150. The summed E-state index contributed by atoms with van der Waals surface area (Å²) in [7, 11) is 0. The van der Waals surface area contributed by atoms with Gasteiger partial charge in [0.2, 0.25) is 5.91 Å². The number of fused-ring (bicyclic) bond motifs is 2. The molecule has 1 aliphatic heterocycles. The fourth-order valence-corrected chi connectivity index (χ4v) is 3.84. The van der Waals surface area contributed by atoms with Gasteiger partial charge in [-0.2, -0.15) is 5.26 Å². The number of ether oxygens (including phenoxy) is 2. The number of amides is 1. The Balaban J connectivity index is 1.54. The van der Waals surface area contributed by atoms with E-state index in [1.807, 2.05) is 44.2 Å². The lowest BCUT2D eigenvalue weighted by Crippen LogP contribution is -2.15. The molecule has 1 aromatic heterocycles. The van der Waals surface area contributed by atoms with Crippen molar-refractivity contribution in [3.8, 4) is 17.6 Å². The molecular weight excluding hydrogens is 386 g/mol. The second-order valence-electron chi connectivity index (χ2n) is 6.80. The Morgan fingerprint density at radius 1 is 1.17 bits per heavy atom. The van der Waals surface area contributed by atoms with E-state index in [0.29, 0.717) is 40.8 Å². The summed E-state index contributed by atoms with van der Waals surface area (Å²) >= 11 is 1.24. The summed E-state index contributed by atoms with van der Waals surface area (Å²) < 4.78 is 11.2. The molecule has 7 heteroatoms. The van der Waals surface area contributed by atoms with E-state index < -0.39 is 0 Å². The van der Waals surface area contributed by atoms with Gasteiger partial charge >= 0.3 is 0 Å². The number of thioether (sulfide) groups is 1. The predicted molar refractivity (Wildman–Crippen MR) is 113 cm³/mol. The fraction of sp³-hybridized carbons (Fsp3) is 0.227. The Morgan fingerprint density at radius 3 is 2.69 bits per heavy atom. The zero-order valence-electron chi connectivity index (χ0n) is 16.1. The third-order valence-electron chi connectivity index (χ3n) is 4.57. The van der Waals surface area contributed by atoms with Crippen molar-refractivity contribution in [3.63, 3.8) is 0 Å². The number of aromatic nitrogens is 1. The van der Waals surface area contributed by atoms with E-state index in [4.69, 9.17) is 9.47 Å². The first-order valence-electron chi connectivity index (χ1n) is 9.18. The Kier molecular flexibility index (Phi) is 5.28. The minimum absolute atomic E-state index is 0.142. The lowest BCUT2D eigenvalue weighted by molar-refractivity contribution is -0.113. The van der Waals surface area contributed by atoms with Gasteiger partial charge in [0.25, 0.3) is 0 Å². The number of pyridine rings is 1. The van der Waals surface area contributed by atoms with Gasteiger partial charge in [-0.15, -0.1) is 0 Å². The van der Waals surface area contributed by atoms with Gasteiger partial charge in [0.05, 0.1) is 16.8 Å². The van der Waals surface area contributed by atoms with Crippen LogP contribution in [0.4, 0.5) is 5.69 Å². The number of carbonyl (C=O) groups excluding carboxylic acids is 1. The van der Waals surface area contributed by atoms with Crippen LogP contribution in [0.15, 0.2) is 41.4 Å². The number of aryl methyl sites for hydroxylation is 2. The Labute approximate surface area is 172 Å². The molecule has 2 aromatic carbocycles. The maximum absolute atomic E-state index is 12.4. The molecule has 6 nitrogen and oxygen atoms in total. The minimum Gasteiger partial charge on any atom is -0.486 e. The van der Waals surface area contributed by atoms with Crippen LogP contribution in [0.5, 0.6) is 11.5 Å². The van der Waals surface area contributed by atoms with Crippen molar-refractivity contribution in [2.45, 2.75) is 18.9 Å². The highest BCUT2D eigenvalue weighted by molar-refractivity contribution is 8.00. The van der Waals surface area contributed by atoms with Crippen molar-refractivity contribution in [3.05, 3.63) is 53.1 Å². The third-order valence-corrected chi connectivity index (χ3v) is 5.56. The van der Waals surface area contributed by atoms with Gasteiger partial charge in [0.1, 0.15) is 24.3 Å². The minimum atomic E-state index is -0.142. The van der Waals surface area contributed by atoms with E-state index in [1.165, 1.54) is 11.8 Å². The second kappa shape index (κ2) is 8.02. The number of anilines is 1. The van der Waals surface area contributed by atoms with Crippen molar-refractivity contribution >= 4 is 34.3 Å². The lowest BCUT2D eigenvalue weighted by Gasteiger charge is -2.19. The van der Waals surface area contributed by atoms with E-state index in [1.54, 1.807) is 6.07 Å². The summed E-state index contributed by atoms with van der Waals surface area (Å²) in [6, 6.07) is 13.5. The molecule has 0 radical (unpaired) electrons. The molecule has 2 heterocycles. The van der Waals surface area contributed by atoms with E-state index in [9.17, 15) is 10.1 Å². The van der Waals surface area contributed by atoms with Crippen molar-refractivity contribution in [1.82, 2.24) is 4.98 Å². The maximum atomic E-state index is 12.4. The molecule has 1 amide bonds. The molecule has 0 spiro atoms. The van der Waals surface area contributed by atoms with Crippen molar-refractivity contribution in [1.29, 1.82) is 5.26 Å². The van der Waals surface area contributed by atoms with Crippen molar-refractivity contribution in [2.75, 3.05) is 24.3 Å². The number of nitrogens with one attached hydrogen (secondary N) is 1. The molecule has 0 saturated heterocycles. The topological polar surface area (TPSA) is 84.2 Å². The van der Waals surface area contributed by atoms with E-state index >= 15 is 0 Å². The van der Waals surface area contributed by atoms with Crippen LogP contribution >= 0.6 is 11.8 Å². The molecule has 1 N–H and O–H groups in total. The molecule has 1 aliphatic rings. The molecule has 0 fully saturated rings. The highest BCUT2D eigenvalue weighted by Crippen LogP contribution is 2.35. The van der Waals surface area contributed by atoms with Crippen LogP contribution in [0.2, 0.25) is 0 Å². The summed E-state index contributed by atoms with van der Waals surface area (Å²) in [5.41, 5.74) is 4.01. The summed E-state index contributed by atoms with van der Waals surface area (Å²) in [6.45, 7) is 4.93. The van der Waals surface area contributed by atoms with Crippen LogP contribution in [0.3, 0.4) is 0 Å². The molecule has 0 atom stereocenters. The molecule has 29 heavy (non-hydrogen) atoms. The first-order chi connectivity index (χ1) is 14.0. The SMILES string of the molecule is Cc1ccc(C)c(NC(=O)CSc2nc3cc4c(cc3cc2C#N)OCCO4)c1. The van der Waals surface area contributed by atoms with Crippen molar-refractivity contribution < 1.29 is 14.3 Å². The third kappa shape index (κ3) is 4.13. The molecule has 0 aliphatic carbocycles. The van der Waals surface area contributed by atoms with E-state index in [0.717, 1.165) is 22.2 Å². The van der Waals surface area contributed by atoms with Gasteiger partial charge < -0.3 is 14.8 Å². The first kappa shape index (κ1) is 19.1. The van der Waals surface area contributed by atoms with Crippen LogP contribution in [-0.4, -0.2) is 29.9 Å². The van der Waals surface area contributed by atoms with Gasteiger partial charge in [-0.1, -0.05) is 23.9 Å². The molecule has 0 bridgehead atoms. The number of rotatable bonds is 4. The lowest BCUT2D eigenvalue weighted by atomic mass is 10.1. The van der Waals surface area contributed by atoms with Crippen LogP contribution in [0, 0.1) is 25.2 Å². The summed E-state index contributed by atoms with van der Waals surface area (Å²) in [5.74, 6) is 1.31. The number of nitriles is 1. The summed E-state index contributed by atoms with van der Waals surface area (Å²) in [5, 5.41) is 13.8. The number of hydrogen-bond donors (Lipinski definition) is 1. The van der Waals surface area contributed by atoms with Crippen LogP contribution < -0.4 is 14.8 Å². The van der Waals surface area contributed by atoms with Gasteiger partial charge in [-0.3, -0.25) is 4.79 Å². The van der Waals surface area contributed by atoms with Crippen LogP contribution in [0.1, 0.15) is 16.7 Å².